The van der Waals surface area contributed by atoms with E-state index in [-0.39, 0.29) is 11.9 Å². The number of carbonyl (C=O) groups is 1. The normalized spacial score (nSPS) is 23.7. The average molecular weight is 233 g/mol. The first-order valence-electron chi connectivity index (χ1n) is 5.95. The molecule has 2 unspecified atom stereocenters. The molecule has 3 N–H and O–H groups in total. The predicted molar refractivity (Wildman–Crippen MR) is 68.7 cm³/mol. The molecule has 0 aromatic heterocycles. The molecule has 0 saturated carbocycles. The Morgan fingerprint density at radius 3 is 2.65 bits per heavy atom. The minimum absolute atomic E-state index is 0.0186. The Hall–Kier alpha value is -1.39. The van der Waals surface area contributed by atoms with Crippen molar-refractivity contribution in [3.63, 3.8) is 0 Å². The van der Waals surface area contributed by atoms with Gasteiger partial charge in [-0.1, -0.05) is 6.07 Å². The second kappa shape index (κ2) is 4.85. The summed E-state index contributed by atoms with van der Waals surface area (Å²) >= 11 is 0. The minimum Gasteiger partial charge on any atom is -0.325 e. The fourth-order valence-electron chi connectivity index (χ4n) is 1.94. The standard InChI is InChI=1S/C13H19N3O/c1-8-4-5-11(6-9(8)2)14-13(17)12-7-10(3)15-16-12/h4-6,10,12,15-16H,7H2,1-3H3,(H,14,17). The largest absolute Gasteiger partial charge is 0.325 e. The van der Waals surface area contributed by atoms with E-state index in [1.807, 2.05) is 25.1 Å². The maximum atomic E-state index is 11.9. The van der Waals surface area contributed by atoms with Crippen LogP contribution >= 0.6 is 0 Å². The minimum atomic E-state index is -0.147. The number of nitrogens with one attached hydrogen (secondary N) is 3. The van der Waals surface area contributed by atoms with Crippen LogP contribution in [-0.2, 0) is 4.79 Å². The number of anilines is 1. The second-order valence-electron chi connectivity index (χ2n) is 4.77. The van der Waals surface area contributed by atoms with E-state index in [0.29, 0.717) is 6.04 Å². The molecule has 1 aromatic rings. The van der Waals surface area contributed by atoms with Gasteiger partial charge in [-0.3, -0.25) is 10.2 Å². The zero-order chi connectivity index (χ0) is 12.4. The van der Waals surface area contributed by atoms with Gasteiger partial charge in [-0.25, -0.2) is 5.43 Å². The number of benzene rings is 1. The highest BCUT2D eigenvalue weighted by molar-refractivity contribution is 5.95. The summed E-state index contributed by atoms with van der Waals surface area (Å²) in [4.78, 5) is 11.9. The highest BCUT2D eigenvalue weighted by atomic mass is 16.2. The molecule has 4 heteroatoms. The lowest BCUT2D eigenvalue weighted by molar-refractivity contribution is -0.117. The zero-order valence-corrected chi connectivity index (χ0v) is 10.5. The van der Waals surface area contributed by atoms with E-state index in [1.54, 1.807) is 0 Å². The number of hydrogen-bond acceptors (Lipinski definition) is 3. The maximum Gasteiger partial charge on any atom is 0.242 e. The molecule has 1 aliphatic rings. The third-order valence-corrected chi connectivity index (χ3v) is 3.18. The molecule has 17 heavy (non-hydrogen) atoms. The lowest BCUT2D eigenvalue weighted by Crippen LogP contribution is -2.39. The van der Waals surface area contributed by atoms with Crippen molar-refractivity contribution in [1.82, 2.24) is 10.9 Å². The van der Waals surface area contributed by atoms with Crippen molar-refractivity contribution in [2.24, 2.45) is 0 Å². The van der Waals surface area contributed by atoms with Gasteiger partial charge in [-0.05, 0) is 50.5 Å². The molecule has 2 rings (SSSR count). The first-order valence-corrected chi connectivity index (χ1v) is 5.95. The number of aryl methyl sites for hydroxylation is 2. The molecule has 1 aliphatic heterocycles. The van der Waals surface area contributed by atoms with Crippen LogP contribution in [0.25, 0.3) is 0 Å². The average Bonchev–Trinajstić information content (AvgIpc) is 2.70. The molecule has 1 fully saturated rings. The molecule has 92 valence electrons. The molecule has 0 aliphatic carbocycles. The Kier molecular flexibility index (Phi) is 3.45. The van der Waals surface area contributed by atoms with Gasteiger partial charge >= 0.3 is 0 Å². The maximum absolute atomic E-state index is 11.9. The monoisotopic (exact) mass is 233 g/mol. The van der Waals surface area contributed by atoms with E-state index in [4.69, 9.17) is 0 Å². The van der Waals surface area contributed by atoms with Gasteiger partial charge in [0.15, 0.2) is 0 Å². The van der Waals surface area contributed by atoms with Crippen LogP contribution in [0.2, 0.25) is 0 Å². The summed E-state index contributed by atoms with van der Waals surface area (Å²) in [5, 5.41) is 2.93. The number of rotatable bonds is 2. The highest BCUT2D eigenvalue weighted by Gasteiger charge is 2.26. The summed E-state index contributed by atoms with van der Waals surface area (Å²) in [7, 11) is 0. The van der Waals surface area contributed by atoms with Gasteiger partial charge in [0.2, 0.25) is 5.91 Å². The third kappa shape index (κ3) is 2.84. The number of hydrazine groups is 1. The van der Waals surface area contributed by atoms with E-state index in [9.17, 15) is 4.79 Å². The van der Waals surface area contributed by atoms with Gasteiger partial charge in [-0.2, -0.15) is 0 Å². The number of carbonyl (C=O) groups excluding carboxylic acids is 1. The summed E-state index contributed by atoms with van der Waals surface area (Å²) in [5.74, 6) is 0.0186. The fourth-order valence-corrected chi connectivity index (χ4v) is 1.94. The molecule has 1 aromatic carbocycles. The van der Waals surface area contributed by atoms with Gasteiger partial charge in [-0.15, -0.1) is 0 Å². The van der Waals surface area contributed by atoms with Crippen LogP contribution < -0.4 is 16.2 Å². The number of amides is 1. The fraction of sp³-hybridized carbons (Fsp3) is 0.462. The van der Waals surface area contributed by atoms with Crippen molar-refractivity contribution in [2.75, 3.05) is 5.32 Å². The molecule has 1 heterocycles. The lowest BCUT2D eigenvalue weighted by atomic mass is 10.1. The van der Waals surface area contributed by atoms with Crippen molar-refractivity contribution in [1.29, 1.82) is 0 Å². The molecule has 0 radical (unpaired) electrons. The molecule has 1 saturated heterocycles. The van der Waals surface area contributed by atoms with Gasteiger partial charge < -0.3 is 5.32 Å². The molecule has 1 amide bonds. The van der Waals surface area contributed by atoms with Gasteiger partial charge in [0.05, 0.1) is 0 Å². The van der Waals surface area contributed by atoms with Crippen molar-refractivity contribution in [3.8, 4) is 0 Å². The van der Waals surface area contributed by atoms with Crippen LogP contribution in [0.3, 0.4) is 0 Å². The van der Waals surface area contributed by atoms with Crippen LogP contribution in [0.1, 0.15) is 24.5 Å². The molecule has 4 nitrogen and oxygen atoms in total. The van der Waals surface area contributed by atoms with Crippen molar-refractivity contribution < 1.29 is 4.79 Å². The summed E-state index contributed by atoms with van der Waals surface area (Å²) < 4.78 is 0. The summed E-state index contributed by atoms with van der Waals surface area (Å²) in [5.41, 5.74) is 9.32. The highest BCUT2D eigenvalue weighted by Crippen LogP contribution is 2.15. The Bertz CT molecular complexity index is 431. The van der Waals surface area contributed by atoms with Crippen LogP contribution in [0.4, 0.5) is 5.69 Å². The Balaban J connectivity index is 2.00. The van der Waals surface area contributed by atoms with Crippen molar-refractivity contribution in [2.45, 2.75) is 39.3 Å². The topological polar surface area (TPSA) is 53.2 Å². The van der Waals surface area contributed by atoms with E-state index in [2.05, 4.69) is 30.0 Å². The van der Waals surface area contributed by atoms with Crippen LogP contribution in [-0.4, -0.2) is 18.0 Å². The van der Waals surface area contributed by atoms with Crippen LogP contribution in [0.5, 0.6) is 0 Å². The lowest BCUT2D eigenvalue weighted by Gasteiger charge is -2.11. The Morgan fingerprint density at radius 2 is 2.06 bits per heavy atom. The quantitative estimate of drug-likeness (QED) is 0.725. The first kappa shape index (κ1) is 12.1. The van der Waals surface area contributed by atoms with E-state index in [0.717, 1.165) is 12.1 Å². The first-order chi connectivity index (χ1) is 8.06. The van der Waals surface area contributed by atoms with E-state index in [1.165, 1.54) is 11.1 Å². The van der Waals surface area contributed by atoms with Crippen molar-refractivity contribution >= 4 is 11.6 Å². The van der Waals surface area contributed by atoms with Crippen molar-refractivity contribution in [3.05, 3.63) is 29.3 Å². The van der Waals surface area contributed by atoms with Gasteiger partial charge in [0, 0.05) is 11.7 Å². The molecule has 0 bridgehead atoms. The van der Waals surface area contributed by atoms with Crippen LogP contribution in [0.15, 0.2) is 18.2 Å². The number of hydrogen-bond donors (Lipinski definition) is 3. The third-order valence-electron chi connectivity index (χ3n) is 3.18. The summed E-state index contributed by atoms with van der Waals surface area (Å²) in [6.45, 7) is 6.16. The molecule has 2 atom stereocenters. The Labute approximate surface area is 102 Å². The van der Waals surface area contributed by atoms with E-state index >= 15 is 0 Å². The SMILES string of the molecule is Cc1ccc(NC(=O)C2CC(C)NN2)cc1C. The van der Waals surface area contributed by atoms with Crippen LogP contribution in [0, 0.1) is 13.8 Å². The summed E-state index contributed by atoms with van der Waals surface area (Å²) in [6.07, 6.45) is 0.816. The Morgan fingerprint density at radius 1 is 1.29 bits per heavy atom. The van der Waals surface area contributed by atoms with E-state index < -0.39 is 0 Å². The molecule has 0 spiro atoms. The zero-order valence-electron chi connectivity index (χ0n) is 10.5. The second-order valence-corrected chi connectivity index (χ2v) is 4.77. The predicted octanol–water partition coefficient (Wildman–Crippen LogP) is 1.50. The molecular formula is C13H19N3O. The van der Waals surface area contributed by atoms with Gasteiger partial charge in [0.25, 0.3) is 0 Å². The summed E-state index contributed by atoms with van der Waals surface area (Å²) in [6, 6.07) is 6.15. The van der Waals surface area contributed by atoms with Gasteiger partial charge in [0.1, 0.15) is 6.04 Å². The smallest absolute Gasteiger partial charge is 0.242 e. The molecular weight excluding hydrogens is 214 g/mol.